The van der Waals surface area contributed by atoms with Gasteiger partial charge < -0.3 is 15.3 Å². The van der Waals surface area contributed by atoms with Gasteiger partial charge in [-0.2, -0.15) is 0 Å². The Morgan fingerprint density at radius 1 is 1.24 bits per heavy atom. The topological polar surface area (TPSA) is 52.6 Å². The van der Waals surface area contributed by atoms with Gasteiger partial charge in [-0.1, -0.05) is 36.8 Å². The van der Waals surface area contributed by atoms with Crippen LogP contribution < -0.4 is 5.32 Å². The third kappa shape index (κ3) is 5.14. The first-order valence-corrected chi connectivity index (χ1v) is 7.85. The fourth-order valence-corrected chi connectivity index (χ4v) is 2.81. The van der Waals surface area contributed by atoms with Crippen molar-refractivity contribution >= 4 is 5.91 Å². The zero-order valence-corrected chi connectivity index (χ0v) is 12.8. The van der Waals surface area contributed by atoms with Crippen LogP contribution in [0.25, 0.3) is 0 Å². The van der Waals surface area contributed by atoms with Crippen molar-refractivity contribution in [3.8, 4) is 0 Å². The highest BCUT2D eigenvalue weighted by Gasteiger charge is 2.26. The molecule has 1 fully saturated rings. The molecule has 0 bridgehead atoms. The predicted molar refractivity (Wildman–Crippen MR) is 83.9 cm³/mol. The minimum atomic E-state index is -1.11. The van der Waals surface area contributed by atoms with E-state index in [4.69, 9.17) is 0 Å². The van der Waals surface area contributed by atoms with Crippen molar-refractivity contribution in [2.45, 2.75) is 38.2 Å². The Bertz CT molecular complexity index is 439. The van der Waals surface area contributed by atoms with Crippen molar-refractivity contribution in [1.82, 2.24) is 10.2 Å². The minimum Gasteiger partial charge on any atom is -0.385 e. The third-order valence-electron chi connectivity index (χ3n) is 4.10. The molecule has 0 spiro atoms. The molecular formula is C17H26N2O2. The van der Waals surface area contributed by atoms with Gasteiger partial charge in [0.2, 0.25) is 5.91 Å². The predicted octanol–water partition coefficient (Wildman–Crippen LogP) is 1.89. The summed E-state index contributed by atoms with van der Waals surface area (Å²) >= 11 is 0. The lowest BCUT2D eigenvalue weighted by Crippen LogP contribution is -2.39. The number of benzene rings is 1. The molecule has 2 rings (SSSR count). The van der Waals surface area contributed by atoms with Crippen LogP contribution in [-0.4, -0.2) is 42.1 Å². The number of carbonyl (C=O) groups is 1. The normalized spacial score (nSPS) is 19.0. The van der Waals surface area contributed by atoms with Crippen molar-refractivity contribution in [1.29, 1.82) is 0 Å². The van der Waals surface area contributed by atoms with Crippen molar-refractivity contribution in [2.24, 2.45) is 0 Å². The van der Waals surface area contributed by atoms with Crippen molar-refractivity contribution in [3.63, 3.8) is 0 Å². The number of aliphatic hydroxyl groups is 1. The number of hydrogen-bond acceptors (Lipinski definition) is 3. The maximum Gasteiger partial charge on any atom is 0.223 e. The smallest absolute Gasteiger partial charge is 0.223 e. The summed E-state index contributed by atoms with van der Waals surface area (Å²) in [5.41, 5.74) is -0.340. The van der Waals surface area contributed by atoms with Crippen LogP contribution in [-0.2, 0) is 10.4 Å². The Balaban J connectivity index is 1.73. The summed E-state index contributed by atoms with van der Waals surface area (Å²) in [6.07, 6.45) is 3.94. The number of amides is 1. The number of nitrogens with zero attached hydrogens (tertiary/aromatic N) is 1. The molecule has 1 aromatic carbocycles. The molecule has 4 nitrogen and oxygen atoms in total. The quantitative estimate of drug-likeness (QED) is 0.841. The summed E-state index contributed by atoms with van der Waals surface area (Å²) in [6, 6.07) is 9.34. The molecule has 21 heavy (non-hydrogen) atoms. The average molecular weight is 290 g/mol. The Hall–Kier alpha value is -1.39. The number of nitrogens with one attached hydrogen (secondary N) is 1. The van der Waals surface area contributed by atoms with Gasteiger partial charge in [0, 0.05) is 13.1 Å². The molecular weight excluding hydrogens is 264 g/mol. The Labute approximate surface area is 127 Å². The van der Waals surface area contributed by atoms with E-state index in [0.717, 1.165) is 25.2 Å². The zero-order chi connectivity index (χ0) is 15.1. The van der Waals surface area contributed by atoms with Gasteiger partial charge in [-0.25, -0.2) is 0 Å². The summed E-state index contributed by atoms with van der Waals surface area (Å²) < 4.78 is 0. The standard InChI is InChI=1S/C17H26N2O2/c1-17(21,15-8-4-2-5-9-15)14-16(20)18-10-13-19-11-6-3-7-12-19/h2,4-5,8-9,21H,3,6-7,10-14H2,1H3,(H,18,20). The molecule has 0 aliphatic carbocycles. The first-order chi connectivity index (χ1) is 10.1. The van der Waals surface area contributed by atoms with Gasteiger partial charge in [0.25, 0.3) is 0 Å². The van der Waals surface area contributed by atoms with Crippen LogP contribution in [0.3, 0.4) is 0 Å². The second-order valence-corrected chi connectivity index (χ2v) is 6.07. The lowest BCUT2D eigenvalue weighted by Gasteiger charge is -2.27. The number of carbonyl (C=O) groups excluding carboxylic acids is 1. The molecule has 1 unspecified atom stereocenters. The molecule has 0 radical (unpaired) electrons. The van der Waals surface area contributed by atoms with Gasteiger partial charge in [-0.3, -0.25) is 4.79 Å². The Kier molecular flexibility index (Phi) is 5.76. The highest BCUT2D eigenvalue weighted by molar-refractivity contribution is 5.77. The highest BCUT2D eigenvalue weighted by Crippen LogP contribution is 2.23. The maximum atomic E-state index is 12.0. The zero-order valence-electron chi connectivity index (χ0n) is 12.8. The molecule has 0 aromatic heterocycles. The monoisotopic (exact) mass is 290 g/mol. The fraction of sp³-hybridized carbons (Fsp3) is 0.588. The third-order valence-corrected chi connectivity index (χ3v) is 4.10. The molecule has 1 atom stereocenters. The second kappa shape index (κ2) is 7.57. The first-order valence-electron chi connectivity index (χ1n) is 7.85. The molecule has 1 aliphatic rings. The number of likely N-dealkylation sites (tertiary alicyclic amines) is 1. The Morgan fingerprint density at radius 2 is 1.90 bits per heavy atom. The van der Waals surface area contributed by atoms with Crippen LogP contribution in [0.2, 0.25) is 0 Å². The summed E-state index contributed by atoms with van der Waals surface area (Å²) in [5, 5.41) is 13.3. The average Bonchev–Trinajstić information content (AvgIpc) is 2.49. The van der Waals surface area contributed by atoms with E-state index in [-0.39, 0.29) is 12.3 Å². The summed E-state index contributed by atoms with van der Waals surface area (Å²) in [6.45, 7) is 5.52. The van der Waals surface area contributed by atoms with Crippen molar-refractivity contribution < 1.29 is 9.90 Å². The van der Waals surface area contributed by atoms with E-state index in [1.54, 1.807) is 6.92 Å². The van der Waals surface area contributed by atoms with E-state index < -0.39 is 5.60 Å². The molecule has 1 aliphatic heterocycles. The van der Waals surface area contributed by atoms with Gasteiger partial charge in [-0.05, 0) is 38.4 Å². The van der Waals surface area contributed by atoms with Crippen LogP contribution in [0.15, 0.2) is 30.3 Å². The lowest BCUT2D eigenvalue weighted by atomic mass is 9.92. The van der Waals surface area contributed by atoms with Crippen LogP contribution >= 0.6 is 0 Å². The fourth-order valence-electron chi connectivity index (χ4n) is 2.81. The number of piperidine rings is 1. The summed E-state index contributed by atoms with van der Waals surface area (Å²) in [5.74, 6) is -0.0964. The van der Waals surface area contributed by atoms with Crippen LogP contribution in [0.5, 0.6) is 0 Å². The van der Waals surface area contributed by atoms with Gasteiger partial charge in [0.05, 0.1) is 12.0 Å². The second-order valence-electron chi connectivity index (χ2n) is 6.07. The molecule has 1 amide bonds. The van der Waals surface area contributed by atoms with Crippen molar-refractivity contribution in [3.05, 3.63) is 35.9 Å². The maximum absolute atomic E-state index is 12.0. The number of hydrogen-bond donors (Lipinski definition) is 2. The molecule has 2 N–H and O–H groups in total. The summed E-state index contributed by atoms with van der Waals surface area (Å²) in [7, 11) is 0. The first kappa shape index (κ1) is 16.0. The van der Waals surface area contributed by atoms with Gasteiger partial charge in [0.15, 0.2) is 0 Å². The largest absolute Gasteiger partial charge is 0.385 e. The van der Waals surface area contributed by atoms with E-state index in [1.165, 1.54) is 19.3 Å². The minimum absolute atomic E-state index is 0.0943. The molecule has 1 aromatic rings. The van der Waals surface area contributed by atoms with E-state index in [2.05, 4.69) is 10.2 Å². The van der Waals surface area contributed by atoms with Gasteiger partial charge in [0.1, 0.15) is 0 Å². The van der Waals surface area contributed by atoms with E-state index in [9.17, 15) is 9.90 Å². The van der Waals surface area contributed by atoms with Gasteiger partial charge >= 0.3 is 0 Å². The molecule has 4 heteroatoms. The van der Waals surface area contributed by atoms with Crippen LogP contribution in [0.4, 0.5) is 0 Å². The highest BCUT2D eigenvalue weighted by atomic mass is 16.3. The SMILES string of the molecule is CC(O)(CC(=O)NCCN1CCCCC1)c1ccccc1. The lowest BCUT2D eigenvalue weighted by molar-refractivity contribution is -0.125. The van der Waals surface area contributed by atoms with Gasteiger partial charge in [-0.15, -0.1) is 0 Å². The summed E-state index contributed by atoms with van der Waals surface area (Å²) in [4.78, 5) is 14.4. The van der Waals surface area contributed by atoms with Crippen LogP contribution in [0.1, 0.15) is 38.2 Å². The Morgan fingerprint density at radius 3 is 2.57 bits per heavy atom. The van der Waals surface area contributed by atoms with E-state index >= 15 is 0 Å². The van der Waals surface area contributed by atoms with E-state index in [1.807, 2.05) is 30.3 Å². The molecule has 1 saturated heterocycles. The number of rotatable bonds is 6. The van der Waals surface area contributed by atoms with E-state index in [0.29, 0.717) is 6.54 Å². The molecule has 116 valence electrons. The van der Waals surface area contributed by atoms with Crippen LogP contribution in [0, 0.1) is 0 Å². The molecule has 0 saturated carbocycles. The van der Waals surface area contributed by atoms with Crippen molar-refractivity contribution in [2.75, 3.05) is 26.2 Å². The molecule has 1 heterocycles.